The van der Waals surface area contributed by atoms with Gasteiger partial charge in [-0.3, -0.25) is 0 Å². The second-order valence-corrected chi connectivity index (χ2v) is 18.5. The van der Waals surface area contributed by atoms with Crippen molar-refractivity contribution in [2.75, 3.05) is 4.90 Å². The van der Waals surface area contributed by atoms with Crippen molar-refractivity contribution in [2.24, 2.45) is 0 Å². The number of carbonyl (C=O) groups is 1. The predicted molar refractivity (Wildman–Crippen MR) is 269 cm³/mol. The number of carbonyl (C=O) groups excluding carboxylic acids is 1. The Morgan fingerprint density at radius 3 is 1.88 bits per heavy atom. The molecule has 0 spiro atoms. The number of rotatable bonds is 12. The Morgan fingerprint density at radius 1 is 0.569 bits per heavy atom. The first kappa shape index (κ1) is 41.6. The van der Waals surface area contributed by atoms with E-state index in [0.29, 0.717) is 0 Å². The Bertz CT molecular complexity index is 3160. The summed E-state index contributed by atoms with van der Waals surface area (Å²) in [6.45, 7) is 10.8. The monoisotopic (exact) mass is 850 g/mol. The van der Waals surface area contributed by atoms with Crippen LogP contribution in [0.5, 0.6) is 0 Å². The highest BCUT2D eigenvalue weighted by Gasteiger charge is 2.35. The van der Waals surface area contributed by atoms with Gasteiger partial charge in [0.15, 0.2) is 0 Å². The first-order chi connectivity index (χ1) is 31.6. The molecule has 0 aliphatic heterocycles. The average molecular weight is 851 g/mol. The lowest BCUT2D eigenvalue weighted by molar-refractivity contribution is -0.0244. The topological polar surface area (TPSA) is 43.7 Å². The van der Waals surface area contributed by atoms with Gasteiger partial charge >= 0.3 is 6.16 Å². The van der Waals surface area contributed by atoms with Gasteiger partial charge in [-0.15, -0.1) is 0 Å². The van der Waals surface area contributed by atoms with E-state index in [2.05, 4.69) is 206 Å². The standard InChI is InChI=1S/C60H54N2O3/c1-6-7-37-59(2,3)65-58(63)64-40-41-21-28-48(29-22-41)62-56-20-14-12-18-52(56)53-38-45(27-36-57(53)62)44-25-32-47(33-26-44)61(46-30-23-43(24-31-46)42-15-9-8-10-16-42)49-34-35-51-50-17-11-13-19-54(50)60(4,5)55(51)39-49/h8-36,38-39H,6-7,37,40H2,1-5H3. The second-order valence-electron chi connectivity index (χ2n) is 18.5. The molecule has 0 N–H and O–H groups in total. The molecule has 65 heavy (non-hydrogen) atoms. The summed E-state index contributed by atoms with van der Waals surface area (Å²) in [4.78, 5) is 14.9. The lowest BCUT2D eigenvalue weighted by Gasteiger charge is -2.28. The van der Waals surface area contributed by atoms with E-state index >= 15 is 0 Å². The maximum Gasteiger partial charge on any atom is 0.509 e. The van der Waals surface area contributed by atoms with Crippen molar-refractivity contribution < 1.29 is 14.3 Å². The molecule has 9 aromatic rings. The minimum absolute atomic E-state index is 0.114. The zero-order valence-corrected chi connectivity index (χ0v) is 37.8. The van der Waals surface area contributed by atoms with Crippen LogP contribution in [0.1, 0.15) is 70.6 Å². The van der Waals surface area contributed by atoms with Gasteiger partial charge in [-0.1, -0.05) is 149 Å². The molecular weight excluding hydrogens is 797 g/mol. The van der Waals surface area contributed by atoms with Crippen molar-refractivity contribution in [1.82, 2.24) is 4.57 Å². The Balaban J connectivity index is 0.957. The highest BCUT2D eigenvalue weighted by Crippen LogP contribution is 2.51. The minimum Gasteiger partial charge on any atom is -0.429 e. The van der Waals surface area contributed by atoms with E-state index in [9.17, 15) is 4.79 Å². The fourth-order valence-corrected chi connectivity index (χ4v) is 9.74. The Hall–Kier alpha value is -7.37. The van der Waals surface area contributed by atoms with Crippen LogP contribution >= 0.6 is 0 Å². The lowest BCUT2D eigenvalue weighted by atomic mass is 9.82. The Labute approximate surface area is 382 Å². The maximum atomic E-state index is 12.5. The number of para-hydroxylation sites is 1. The van der Waals surface area contributed by atoms with Gasteiger partial charge in [-0.25, -0.2) is 4.79 Å². The minimum atomic E-state index is -0.635. The van der Waals surface area contributed by atoms with Crippen LogP contribution < -0.4 is 4.90 Å². The maximum absolute atomic E-state index is 12.5. The normalized spacial score (nSPS) is 12.8. The number of fused-ring (bicyclic) bond motifs is 6. The van der Waals surface area contributed by atoms with Crippen molar-refractivity contribution in [3.8, 4) is 39.1 Å². The van der Waals surface area contributed by atoms with Crippen molar-refractivity contribution in [3.05, 3.63) is 205 Å². The van der Waals surface area contributed by atoms with Crippen molar-refractivity contribution >= 4 is 45.0 Å². The summed E-state index contributed by atoms with van der Waals surface area (Å²) in [7, 11) is 0. The molecule has 0 unspecified atom stereocenters. The molecule has 0 saturated carbocycles. The van der Waals surface area contributed by atoms with Gasteiger partial charge < -0.3 is 18.9 Å². The Morgan fingerprint density at radius 2 is 1.15 bits per heavy atom. The molecule has 0 radical (unpaired) electrons. The van der Waals surface area contributed by atoms with Crippen LogP contribution in [0.2, 0.25) is 0 Å². The van der Waals surface area contributed by atoms with Crippen LogP contribution in [0.25, 0.3) is 60.9 Å². The third kappa shape index (κ3) is 7.97. The molecule has 5 heteroatoms. The van der Waals surface area contributed by atoms with Crippen LogP contribution in [0.15, 0.2) is 188 Å². The summed E-state index contributed by atoms with van der Waals surface area (Å²) in [5.41, 5.74) is 16.9. The van der Waals surface area contributed by atoms with Gasteiger partial charge in [0, 0.05) is 38.9 Å². The summed E-state index contributed by atoms with van der Waals surface area (Å²) in [6, 6.07) is 67.9. The van der Waals surface area contributed by atoms with Gasteiger partial charge in [0.05, 0.1) is 11.0 Å². The molecule has 0 saturated heterocycles. The SMILES string of the molecule is CCCCC(C)(C)OC(=O)OCc1ccc(-n2c3ccccc3c3cc(-c4ccc(N(c5ccc(-c6ccccc6)cc5)c5ccc6c(c5)C(C)(C)c5ccccc5-6)cc4)ccc32)cc1. The van der Waals surface area contributed by atoms with Crippen molar-refractivity contribution in [1.29, 1.82) is 0 Å². The van der Waals surface area contributed by atoms with Crippen LogP contribution in [0.4, 0.5) is 21.9 Å². The number of hydrogen-bond donors (Lipinski definition) is 0. The van der Waals surface area contributed by atoms with Gasteiger partial charge in [0.1, 0.15) is 12.2 Å². The van der Waals surface area contributed by atoms with Gasteiger partial charge in [0.2, 0.25) is 0 Å². The lowest BCUT2D eigenvalue weighted by Crippen LogP contribution is -2.28. The molecule has 322 valence electrons. The molecular formula is C60H54N2O3. The van der Waals surface area contributed by atoms with E-state index in [0.717, 1.165) is 69.7 Å². The molecule has 1 aliphatic carbocycles. The van der Waals surface area contributed by atoms with Crippen molar-refractivity contribution in [3.63, 3.8) is 0 Å². The van der Waals surface area contributed by atoms with E-state index in [1.165, 1.54) is 44.2 Å². The number of anilines is 3. The molecule has 0 fully saturated rings. The Kier molecular flexibility index (Phi) is 10.9. The van der Waals surface area contributed by atoms with E-state index in [4.69, 9.17) is 9.47 Å². The zero-order valence-electron chi connectivity index (χ0n) is 37.8. The molecule has 0 atom stereocenters. The van der Waals surface area contributed by atoms with E-state index in [-0.39, 0.29) is 12.0 Å². The third-order valence-corrected chi connectivity index (χ3v) is 13.2. The quantitative estimate of drug-likeness (QED) is 0.115. The molecule has 0 bridgehead atoms. The van der Waals surface area contributed by atoms with Gasteiger partial charge in [0.25, 0.3) is 0 Å². The molecule has 1 aliphatic rings. The molecule has 1 heterocycles. The third-order valence-electron chi connectivity index (χ3n) is 13.2. The van der Waals surface area contributed by atoms with E-state index in [1.54, 1.807) is 0 Å². The molecule has 1 aromatic heterocycles. The summed E-state index contributed by atoms with van der Waals surface area (Å²) >= 11 is 0. The molecule has 8 aromatic carbocycles. The fraction of sp³-hybridized carbons (Fsp3) is 0.183. The molecule has 0 amide bonds. The highest BCUT2D eigenvalue weighted by molar-refractivity contribution is 6.10. The number of benzene rings is 8. The smallest absolute Gasteiger partial charge is 0.429 e. The molecule has 5 nitrogen and oxygen atoms in total. The van der Waals surface area contributed by atoms with E-state index in [1.807, 2.05) is 26.0 Å². The molecule has 10 rings (SSSR count). The number of ether oxygens (including phenoxy) is 2. The number of hydrogen-bond acceptors (Lipinski definition) is 4. The fourth-order valence-electron chi connectivity index (χ4n) is 9.74. The number of aromatic nitrogens is 1. The highest BCUT2D eigenvalue weighted by atomic mass is 16.7. The number of nitrogens with zero attached hydrogens (tertiary/aromatic N) is 2. The van der Waals surface area contributed by atoms with Crippen LogP contribution in [0.3, 0.4) is 0 Å². The summed E-state index contributed by atoms with van der Waals surface area (Å²) in [6.07, 6.45) is 2.21. The van der Waals surface area contributed by atoms with E-state index < -0.39 is 11.8 Å². The summed E-state index contributed by atoms with van der Waals surface area (Å²) in [5, 5.41) is 2.37. The first-order valence-electron chi connectivity index (χ1n) is 22.9. The van der Waals surface area contributed by atoms with Gasteiger partial charge in [-0.2, -0.15) is 0 Å². The van der Waals surface area contributed by atoms with Crippen LogP contribution in [-0.4, -0.2) is 16.3 Å². The summed E-state index contributed by atoms with van der Waals surface area (Å²) in [5.74, 6) is 0. The van der Waals surface area contributed by atoms with Crippen LogP contribution in [-0.2, 0) is 21.5 Å². The van der Waals surface area contributed by atoms with Crippen LogP contribution in [0, 0.1) is 0 Å². The number of unbranched alkanes of at least 4 members (excludes halogenated alkanes) is 1. The second kappa shape index (κ2) is 17.0. The average Bonchev–Trinajstić information content (AvgIpc) is 3.78. The predicted octanol–water partition coefficient (Wildman–Crippen LogP) is 16.5. The van der Waals surface area contributed by atoms with Crippen molar-refractivity contribution in [2.45, 2.75) is 71.5 Å². The first-order valence-corrected chi connectivity index (χ1v) is 22.9. The summed E-state index contributed by atoms with van der Waals surface area (Å²) < 4.78 is 13.4. The van der Waals surface area contributed by atoms with Gasteiger partial charge in [-0.05, 0) is 143 Å². The largest absolute Gasteiger partial charge is 0.509 e. The zero-order chi connectivity index (χ0) is 44.7.